The summed E-state index contributed by atoms with van der Waals surface area (Å²) in [6, 6.07) is 13.1. The van der Waals surface area contributed by atoms with Gasteiger partial charge in [-0.2, -0.15) is 0 Å². The monoisotopic (exact) mass is 461 g/mol. The second kappa shape index (κ2) is 9.00. The molecule has 1 saturated heterocycles. The summed E-state index contributed by atoms with van der Waals surface area (Å²) >= 11 is 0. The van der Waals surface area contributed by atoms with Crippen LogP contribution < -0.4 is 9.80 Å². The number of benzene rings is 1. The second-order valence-electron chi connectivity index (χ2n) is 9.34. The van der Waals surface area contributed by atoms with E-state index in [-0.39, 0.29) is 18.1 Å². The van der Waals surface area contributed by atoms with Gasteiger partial charge in [0.1, 0.15) is 11.5 Å². The number of methoxy groups -OCH3 is 1. The number of aryl methyl sites for hydroxylation is 1. The van der Waals surface area contributed by atoms with Crippen LogP contribution >= 0.6 is 0 Å². The molecule has 34 heavy (non-hydrogen) atoms. The summed E-state index contributed by atoms with van der Waals surface area (Å²) in [5.74, 6) is 0.568. The van der Waals surface area contributed by atoms with E-state index in [9.17, 15) is 9.59 Å². The predicted molar refractivity (Wildman–Crippen MR) is 133 cm³/mol. The van der Waals surface area contributed by atoms with Crippen molar-refractivity contribution < 1.29 is 14.3 Å². The standard InChI is InChI=1S/C26H31N5O3/c1-18-4-6-19(7-5-18)29-10-12-30(13-11-29)24-9-8-22-23(26(33)34-3)16-31(25(22)27-24)21-14-20(15-21)28(2)17-32/h4-9,16-17,20-21H,10-15H2,1-3H3. The van der Waals surface area contributed by atoms with Crippen molar-refractivity contribution in [3.8, 4) is 0 Å². The molecule has 178 valence electrons. The molecule has 1 aliphatic carbocycles. The molecule has 5 rings (SSSR count). The summed E-state index contributed by atoms with van der Waals surface area (Å²) in [6.07, 6.45) is 4.44. The Balaban J connectivity index is 1.38. The maximum atomic E-state index is 12.4. The summed E-state index contributed by atoms with van der Waals surface area (Å²) in [5.41, 5.74) is 3.86. The van der Waals surface area contributed by atoms with E-state index in [0.717, 1.165) is 62.3 Å². The van der Waals surface area contributed by atoms with Crippen LogP contribution in [0.2, 0.25) is 0 Å². The molecule has 0 bridgehead atoms. The van der Waals surface area contributed by atoms with Crippen LogP contribution in [0.4, 0.5) is 11.5 Å². The third kappa shape index (κ3) is 3.97. The topological polar surface area (TPSA) is 70.9 Å². The summed E-state index contributed by atoms with van der Waals surface area (Å²) in [4.78, 5) is 35.0. The van der Waals surface area contributed by atoms with E-state index < -0.39 is 0 Å². The van der Waals surface area contributed by atoms with Crippen molar-refractivity contribution >= 4 is 34.9 Å². The first-order chi connectivity index (χ1) is 16.5. The van der Waals surface area contributed by atoms with Crippen molar-refractivity contribution in [1.82, 2.24) is 14.5 Å². The summed E-state index contributed by atoms with van der Waals surface area (Å²) < 4.78 is 7.12. The Bertz CT molecular complexity index is 1190. The number of piperazine rings is 1. The molecule has 1 aromatic carbocycles. The van der Waals surface area contributed by atoms with Gasteiger partial charge in [-0.15, -0.1) is 0 Å². The minimum absolute atomic E-state index is 0.203. The highest BCUT2D eigenvalue weighted by atomic mass is 16.5. The second-order valence-corrected chi connectivity index (χ2v) is 9.34. The average molecular weight is 462 g/mol. The van der Waals surface area contributed by atoms with Crippen molar-refractivity contribution in [3.05, 3.63) is 53.7 Å². The molecule has 8 nitrogen and oxygen atoms in total. The first kappa shape index (κ1) is 22.3. The van der Waals surface area contributed by atoms with E-state index in [1.54, 1.807) is 4.90 Å². The first-order valence-corrected chi connectivity index (χ1v) is 11.8. The quantitative estimate of drug-likeness (QED) is 0.415. The molecule has 0 N–H and O–H groups in total. The zero-order valence-corrected chi connectivity index (χ0v) is 20.0. The molecule has 0 atom stereocenters. The van der Waals surface area contributed by atoms with Gasteiger partial charge in [0.2, 0.25) is 6.41 Å². The number of anilines is 2. The number of pyridine rings is 1. The molecule has 1 amide bonds. The number of hydrogen-bond acceptors (Lipinski definition) is 6. The molecule has 2 fully saturated rings. The highest BCUT2D eigenvalue weighted by Crippen LogP contribution is 2.38. The lowest BCUT2D eigenvalue weighted by molar-refractivity contribution is -0.120. The van der Waals surface area contributed by atoms with Gasteiger partial charge in [-0.3, -0.25) is 4.79 Å². The Morgan fingerprint density at radius 2 is 1.74 bits per heavy atom. The van der Waals surface area contributed by atoms with Crippen LogP contribution in [-0.2, 0) is 9.53 Å². The molecular weight excluding hydrogens is 430 g/mol. The van der Waals surface area contributed by atoms with Gasteiger partial charge in [0.15, 0.2) is 0 Å². The number of nitrogens with zero attached hydrogens (tertiary/aromatic N) is 5. The van der Waals surface area contributed by atoms with Crippen LogP contribution in [0.3, 0.4) is 0 Å². The van der Waals surface area contributed by atoms with Crippen LogP contribution in [0.25, 0.3) is 11.0 Å². The van der Waals surface area contributed by atoms with Gasteiger partial charge in [-0.25, -0.2) is 9.78 Å². The number of amides is 1. The summed E-state index contributed by atoms with van der Waals surface area (Å²) in [6.45, 7) is 5.73. The Kier molecular flexibility index (Phi) is 5.89. The predicted octanol–water partition coefficient (Wildman–Crippen LogP) is 3.25. The summed E-state index contributed by atoms with van der Waals surface area (Å²) in [5, 5.41) is 0.807. The molecule has 0 spiro atoms. The minimum atomic E-state index is -0.356. The number of carbonyl (C=O) groups excluding carboxylic acids is 2. The minimum Gasteiger partial charge on any atom is -0.465 e. The van der Waals surface area contributed by atoms with E-state index in [2.05, 4.69) is 45.6 Å². The van der Waals surface area contributed by atoms with Gasteiger partial charge in [0.05, 0.1) is 12.7 Å². The van der Waals surface area contributed by atoms with Crippen LogP contribution in [0.1, 0.15) is 34.8 Å². The van der Waals surface area contributed by atoms with E-state index in [0.29, 0.717) is 5.56 Å². The number of ether oxygens (including phenoxy) is 1. The number of carbonyl (C=O) groups is 2. The van der Waals surface area contributed by atoms with Gasteiger partial charge in [-0.05, 0) is 44.0 Å². The van der Waals surface area contributed by atoms with Gasteiger partial charge < -0.3 is 24.0 Å². The maximum Gasteiger partial charge on any atom is 0.340 e. The van der Waals surface area contributed by atoms with E-state index in [1.807, 2.05) is 25.4 Å². The fourth-order valence-corrected chi connectivity index (χ4v) is 5.00. The third-order valence-corrected chi connectivity index (χ3v) is 7.30. The number of aromatic nitrogens is 2. The zero-order chi connectivity index (χ0) is 23.8. The normalized spacial score (nSPS) is 20.2. The van der Waals surface area contributed by atoms with E-state index >= 15 is 0 Å². The number of fused-ring (bicyclic) bond motifs is 1. The molecule has 0 unspecified atom stereocenters. The highest BCUT2D eigenvalue weighted by Gasteiger charge is 2.35. The molecule has 1 saturated carbocycles. The Labute approximate surface area is 199 Å². The number of esters is 1. The molecule has 3 aromatic rings. The Morgan fingerprint density at radius 1 is 1.06 bits per heavy atom. The van der Waals surface area contributed by atoms with Crippen molar-refractivity contribution in [1.29, 1.82) is 0 Å². The smallest absolute Gasteiger partial charge is 0.340 e. The molecule has 1 aliphatic heterocycles. The Morgan fingerprint density at radius 3 is 2.38 bits per heavy atom. The van der Waals surface area contributed by atoms with Crippen molar-refractivity contribution in [3.63, 3.8) is 0 Å². The molecule has 2 aromatic heterocycles. The number of hydrogen-bond donors (Lipinski definition) is 0. The Hall–Kier alpha value is -3.55. The van der Waals surface area contributed by atoms with Crippen molar-refractivity contribution in [2.45, 2.75) is 31.8 Å². The van der Waals surface area contributed by atoms with Gasteiger partial charge in [-0.1, -0.05) is 17.7 Å². The number of rotatable bonds is 6. The average Bonchev–Trinajstić information content (AvgIpc) is 3.21. The lowest BCUT2D eigenvalue weighted by atomic mass is 9.86. The third-order valence-electron chi connectivity index (χ3n) is 7.30. The van der Waals surface area contributed by atoms with Gasteiger partial charge >= 0.3 is 5.97 Å². The zero-order valence-electron chi connectivity index (χ0n) is 20.0. The molecule has 0 radical (unpaired) electrons. The van der Waals surface area contributed by atoms with Crippen molar-refractivity contribution in [2.24, 2.45) is 0 Å². The maximum absolute atomic E-state index is 12.4. The summed E-state index contributed by atoms with van der Waals surface area (Å²) in [7, 11) is 3.22. The van der Waals surface area contributed by atoms with Gasteiger partial charge in [0, 0.05) is 62.6 Å². The first-order valence-electron chi connectivity index (χ1n) is 11.8. The van der Waals surface area contributed by atoms with Crippen LogP contribution in [0.15, 0.2) is 42.6 Å². The molecule has 3 heterocycles. The van der Waals surface area contributed by atoms with Crippen molar-refractivity contribution in [2.75, 3.05) is 50.1 Å². The largest absolute Gasteiger partial charge is 0.465 e. The van der Waals surface area contributed by atoms with Crippen LogP contribution in [0, 0.1) is 6.92 Å². The SMILES string of the molecule is COC(=O)c1cn(C2CC(N(C)C=O)C2)c2nc(N3CCN(c4ccc(C)cc4)CC3)ccc12. The van der Waals surface area contributed by atoms with E-state index in [4.69, 9.17) is 9.72 Å². The fraction of sp³-hybridized carbons (Fsp3) is 0.423. The fourth-order valence-electron chi connectivity index (χ4n) is 5.00. The lowest BCUT2D eigenvalue weighted by Gasteiger charge is -2.40. The van der Waals surface area contributed by atoms with Crippen LogP contribution in [0.5, 0.6) is 0 Å². The van der Waals surface area contributed by atoms with Gasteiger partial charge in [0.25, 0.3) is 0 Å². The van der Waals surface area contributed by atoms with E-state index in [1.165, 1.54) is 18.4 Å². The lowest BCUT2D eigenvalue weighted by Crippen LogP contribution is -2.46. The highest BCUT2D eigenvalue weighted by molar-refractivity contribution is 6.03. The molecule has 2 aliphatic rings. The van der Waals surface area contributed by atoms with Crippen LogP contribution in [-0.4, -0.2) is 73.2 Å². The molecule has 8 heteroatoms. The molecular formula is C26H31N5O3.